The Morgan fingerprint density at radius 3 is 1.94 bits per heavy atom. The summed E-state index contributed by atoms with van der Waals surface area (Å²) >= 11 is 5.09. The lowest BCUT2D eigenvalue weighted by Gasteiger charge is -2.22. The molecule has 1 aromatic rings. The Kier molecular flexibility index (Phi) is 17.1. The lowest BCUT2D eigenvalue weighted by molar-refractivity contribution is -0.147. The summed E-state index contributed by atoms with van der Waals surface area (Å²) < 4.78 is 5.13. The fraction of sp³-hybridized carbons (Fsp3) is 0.724. The van der Waals surface area contributed by atoms with Gasteiger partial charge in [0.25, 0.3) is 5.91 Å². The predicted octanol–water partition coefficient (Wildman–Crippen LogP) is 8.03. The van der Waals surface area contributed by atoms with Gasteiger partial charge in [0.15, 0.2) is 0 Å². The number of carbonyl (C=O) groups excluding carboxylic acids is 2. The van der Waals surface area contributed by atoms with Gasteiger partial charge in [-0.05, 0) is 44.0 Å². The number of thioether (sulfide) groups is 1. The summed E-state index contributed by atoms with van der Waals surface area (Å²) in [7, 11) is 0. The Labute approximate surface area is 232 Å². The number of hydrogen-bond donors (Lipinski definition) is 1. The first kappa shape index (κ1) is 31.0. The van der Waals surface area contributed by atoms with Gasteiger partial charge in [-0.25, -0.2) is 4.79 Å². The number of anilines is 1. The van der Waals surface area contributed by atoms with Gasteiger partial charge in [0, 0.05) is 28.9 Å². The van der Waals surface area contributed by atoms with Crippen LogP contribution in [0.5, 0.6) is 0 Å². The van der Waals surface area contributed by atoms with E-state index < -0.39 is 6.04 Å². The first-order chi connectivity index (χ1) is 17.7. The maximum Gasteiger partial charge on any atom is 0.329 e. The standard InChI is InChI=1S/C29H47BrN2O3S/c1-2-35-29(34)27-23-36-24-32(27)28(33)25-17-19-26(20-18-25)31-22-16-14-12-10-8-6-4-3-5-7-9-11-13-15-21-30/h17-20,27,31H,2-16,21-24H2,1H3. The maximum atomic E-state index is 12.9. The number of benzene rings is 1. The van der Waals surface area contributed by atoms with Gasteiger partial charge >= 0.3 is 5.97 Å². The minimum absolute atomic E-state index is 0.106. The molecule has 36 heavy (non-hydrogen) atoms. The molecule has 1 aliphatic rings. The van der Waals surface area contributed by atoms with Crippen LogP contribution in [0.15, 0.2) is 24.3 Å². The molecule has 0 aromatic heterocycles. The summed E-state index contributed by atoms with van der Waals surface area (Å²) in [5.41, 5.74) is 1.65. The average Bonchev–Trinajstić information content (AvgIpc) is 3.39. The van der Waals surface area contributed by atoms with Gasteiger partial charge in [-0.15, -0.1) is 11.8 Å². The van der Waals surface area contributed by atoms with Gasteiger partial charge in [-0.2, -0.15) is 0 Å². The molecular formula is C29H47BrN2O3S. The second kappa shape index (κ2) is 19.8. The predicted molar refractivity (Wildman–Crippen MR) is 157 cm³/mol. The third-order valence-electron chi connectivity index (χ3n) is 6.72. The minimum atomic E-state index is -0.482. The van der Waals surface area contributed by atoms with Crippen LogP contribution in [0, 0.1) is 0 Å². The minimum Gasteiger partial charge on any atom is -0.464 e. The van der Waals surface area contributed by atoms with Crippen LogP contribution in [0.25, 0.3) is 0 Å². The Bertz CT molecular complexity index is 732. The zero-order valence-electron chi connectivity index (χ0n) is 22.3. The fourth-order valence-corrected chi connectivity index (χ4v) is 6.08. The third-order valence-corrected chi connectivity index (χ3v) is 8.30. The molecule has 5 nitrogen and oxygen atoms in total. The summed E-state index contributed by atoms with van der Waals surface area (Å²) in [6.07, 6.45) is 19.0. The molecular weight excluding hydrogens is 536 g/mol. The van der Waals surface area contributed by atoms with E-state index in [-0.39, 0.29) is 11.9 Å². The lowest BCUT2D eigenvalue weighted by atomic mass is 10.0. The second-order valence-electron chi connectivity index (χ2n) is 9.69. The van der Waals surface area contributed by atoms with Crippen molar-refractivity contribution in [3.05, 3.63) is 29.8 Å². The van der Waals surface area contributed by atoms with Gasteiger partial charge in [0.1, 0.15) is 6.04 Å². The molecule has 204 valence electrons. The van der Waals surface area contributed by atoms with Crippen molar-refractivity contribution in [2.75, 3.05) is 35.4 Å². The van der Waals surface area contributed by atoms with Crippen LogP contribution in [-0.2, 0) is 9.53 Å². The molecule has 0 aliphatic carbocycles. The van der Waals surface area contributed by atoms with E-state index in [0.717, 1.165) is 17.6 Å². The van der Waals surface area contributed by atoms with Crippen LogP contribution < -0.4 is 5.32 Å². The number of halogens is 1. The number of rotatable bonds is 20. The molecule has 1 aliphatic heterocycles. The zero-order valence-corrected chi connectivity index (χ0v) is 24.7. The van der Waals surface area contributed by atoms with E-state index in [1.54, 1.807) is 23.6 Å². The number of ether oxygens (including phenoxy) is 1. The molecule has 0 radical (unpaired) electrons. The van der Waals surface area contributed by atoms with Crippen molar-refractivity contribution in [2.45, 2.75) is 103 Å². The molecule has 1 heterocycles. The van der Waals surface area contributed by atoms with Crippen LogP contribution in [0.1, 0.15) is 107 Å². The van der Waals surface area contributed by atoms with E-state index in [2.05, 4.69) is 21.2 Å². The van der Waals surface area contributed by atoms with E-state index in [0.29, 0.717) is 23.8 Å². The summed E-state index contributed by atoms with van der Waals surface area (Å²) in [5.74, 6) is 0.713. The van der Waals surface area contributed by atoms with Crippen LogP contribution in [0.2, 0.25) is 0 Å². The molecule has 0 spiro atoms. The average molecular weight is 584 g/mol. The van der Waals surface area contributed by atoms with E-state index >= 15 is 0 Å². The topological polar surface area (TPSA) is 58.6 Å². The Morgan fingerprint density at radius 1 is 0.889 bits per heavy atom. The maximum absolute atomic E-state index is 12.9. The number of nitrogens with zero attached hydrogens (tertiary/aromatic N) is 1. The van der Waals surface area contributed by atoms with Crippen molar-refractivity contribution in [1.82, 2.24) is 4.90 Å². The molecule has 1 unspecified atom stereocenters. The number of unbranched alkanes of at least 4 members (excludes halogenated alkanes) is 13. The van der Waals surface area contributed by atoms with Gasteiger partial charge in [-0.1, -0.05) is 93.0 Å². The number of alkyl halides is 1. The van der Waals surface area contributed by atoms with Crippen molar-refractivity contribution < 1.29 is 14.3 Å². The smallest absolute Gasteiger partial charge is 0.329 e. The normalized spacial score (nSPS) is 15.3. The van der Waals surface area contributed by atoms with Crippen LogP contribution in [0.3, 0.4) is 0 Å². The second-order valence-corrected chi connectivity index (χ2v) is 11.5. The molecule has 1 fully saturated rings. The van der Waals surface area contributed by atoms with Crippen molar-refractivity contribution in [3.63, 3.8) is 0 Å². The van der Waals surface area contributed by atoms with Crippen LogP contribution in [0.4, 0.5) is 5.69 Å². The molecule has 2 rings (SSSR count). The van der Waals surface area contributed by atoms with Gasteiger partial charge < -0.3 is 15.0 Å². The van der Waals surface area contributed by atoms with Crippen molar-refractivity contribution in [2.24, 2.45) is 0 Å². The number of esters is 1. The van der Waals surface area contributed by atoms with E-state index in [1.807, 2.05) is 24.3 Å². The lowest BCUT2D eigenvalue weighted by Crippen LogP contribution is -2.42. The van der Waals surface area contributed by atoms with E-state index in [4.69, 9.17) is 4.74 Å². The highest BCUT2D eigenvalue weighted by Crippen LogP contribution is 2.24. The molecule has 1 atom stereocenters. The summed E-state index contributed by atoms with van der Waals surface area (Å²) in [6, 6.07) is 7.13. The Morgan fingerprint density at radius 2 is 1.42 bits per heavy atom. The summed E-state index contributed by atoms with van der Waals surface area (Å²) in [4.78, 5) is 26.6. The van der Waals surface area contributed by atoms with Crippen LogP contribution >= 0.6 is 27.7 Å². The molecule has 7 heteroatoms. The zero-order chi connectivity index (χ0) is 25.8. The summed E-state index contributed by atoms with van der Waals surface area (Å²) in [5, 5.41) is 4.62. The highest BCUT2D eigenvalue weighted by molar-refractivity contribution is 9.09. The molecule has 1 saturated heterocycles. The number of hydrogen-bond acceptors (Lipinski definition) is 5. The largest absolute Gasteiger partial charge is 0.464 e. The van der Waals surface area contributed by atoms with Crippen molar-refractivity contribution >= 4 is 45.3 Å². The number of amides is 1. The molecule has 1 amide bonds. The number of carbonyl (C=O) groups is 2. The van der Waals surface area contributed by atoms with E-state index in [9.17, 15) is 9.59 Å². The van der Waals surface area contributed by atoms with Gasteiger partial charge in [0.05, 0.1) is 12.5 Å². The Hall–Kier alpha value is -1.21. The first-order valence-corrected chi connectivity index (χ1v) is 16.4. The monoisotopic (exact) mass is 582 g/mol. The van der Waals surface area contributed by atoms with Gasteiger partial charge in [0.2, 0.25) is 0 Å². The molecule has 0 saturated carbocycles. The SMILES string of the molecule is CCOC(=O)C1CSCN1C(=O)c1ccc(NCCCCCCCCCCCCCCCCBr)cc1. The molecule has 1 aromatic carbocycles. The highest BCUT2D eigenvalue weighted by Gasteiger charge is 2.36. The highest BCUT2D eigenvalue weighted by atomic mass is 79.9. The van der Waals surface area contributed by atoms with E-state index in [1.165, 1.54) is 89.9 Å². The fourth-order valence-electron chi connectivity index (χ4n) is 4.55. The van der Waals surface area contributed by atoms with Crippen LogP contribution in [-0.4, -0.2) is 52.9 Å². The van der Waals surface area contributed by atoms with Crippen molar-refractivity contribution in [1.29, 1.82) is 0 Å². The quantitative estimate of drug-likeness (QED) is 0.0957. The molecule has 0 bridgehead atoms. The van der Waals surface area contributed by atoms with Crippen molar-refractivity contribution in [3.8, 4) is 0 Å². The van der Waals surface area contributed by atoms with Gasteiger partial charge in [-0.3, -0.25) is 4.79 Å². The Balaban J connectivity index is 1.48. The third kappa shape index (κ3) is 12.4. The first-order valence-electron chi connectivity index (χ1n) is 14.1. The summed E-state index contributed by atoms with van der Waals surface area (Å²) in [6.45, 7) is 3.08. The number of nitrogens with one attached hydrogen (secondary N) is 1. The molecule has 1 N–H and O–H groups in total.